The highest BCUT2D eigenvalue weighted by atomic mass is 16.4. The molecule has 2 aromatic carbocycles. The van der Waals surface area contributed by atoms with Crippen molar-refractivity contribution in [3.63, 3.8) is 0 Å². The molecule has 4 aromatic rings. The first-order valence-corrected chi connectivity index (χ1v) is 8.21. The Morgan fingerprint density at radius 1 is 1.07 bits per heavy atom. The molecule has 132 valence electrons. The number of para-hydroxylation sites is 2. The summed E-state index contributed by atoms with van der Waals surface area (Å²) in [6.45, 7) is 0. The minimum Gasteiger partial charge on any atom is -0.478 e. The lowest BCUT2D eigenvalue weighted by molar-refractivity contribution is -0.131. The quantitative estimate of drug-likeness (QED) is 0.444. The zero-order valence-electron chi connectivity index (χ0n) is 14.1. The minimum atomic E-state index is -1.08. The standard InChI is InChI=1S/C21H14N2O4/c24-19(25)11-10-15-13-23(16-7-2-1-3-8-16)22-20(15)17-12-14-6-4-5-9-18(14)27-21(17)26/h1-13H,(H,24,25)/b11-10+. The summed E-state index contributed by atoms with van der Waals surface area (Å²) in [5, 5.41) is 14.2. The molecule has 0 aliphatic rings. The van der Waals surface area contributed by atoms with Gasteiger partial charge in [0.15, 0.2) is 0 Å². The van der Waals surface area contributed by atoms with E-state index in [1.807, 2.05) is 42.5 Å². The Hall–Kier alpha value is -3.93. The second-order valence-corrected chi connectivity index (χ2v) is 5.87. The van der Waals surface area contributed by atoms with Gasteiger partial charge < -0.3 is 9.52 Å². The molecule has 6 heteroatoms. The fourth-order valence-electron chi connectivity index (χ4n) is 2.82. The van der Waals surface area contributed by atoms with Crippen LogP contribution in [0.1, 0.15) is 5.56 Å². The zero-order chi connectivity index (χ0) is 18.8. The molecule has 0 spiro atoms. The molecular formula is C21H14N2O4. The van der Waals surface area contributed by atoms with Gasteiger partial charge in [0.05, 0.1) is 11.3 Å². The molecule has 27 heavy (non-hydrogen) atoms. The van der Waals surface area contributed by atoms with Gasteiger partial charge in [0.2, 0.25) is 0 Å². The van der Waals surface area contributed by atoms with Crippen LogP contribution in [0.25, 0.3) is 34.0 Å². The number of rotatable bonds is 4. The summed E-state index contributed by atoms with van der Waals surface area (Å²) in [6.07, 6.45) is 4.11. The van der Waals surface area contributed by atoms with E-state index in [4.69, 9.17) is 9.52 Å². The first-order valence-electron chi connectivity index (χ1n) is 8.21. The van der Waals surface area contributed by atoms with Gasteiger partial charge in [-0.05, 0) is 30.3 Å². The molecule has 0 bridgehead atoms. The van der Waals surface area contributed by atoms with Gasteiger partial charge in [0.1, 0.15) is 11.3 Å². The van der Waals surface area contributed by atoms with Crippen molar-refractivity contribution in [2.24, 2.45) is 0 Å². The highest BCUT2D eigenvalue weighted by Crippen LogP contribution is 2.25. The summed E-state index contributed by atoms with van der Waals surface area (Å²) in [4.78, 5) is 23.5. The van der Waals surface area contributed by atoms with Gasteiger partial charge >= 0.3 is 11.6 Å². The van der Waals surface area contributed by atoms with Gasteiger partial charge in [-0.3, -0.25) is 0 Å². The molecule has 0 amide bonds. The van der Waals surface area contributed by atoms with E-state index >= 15 is 0 Å². The molecule has 0 aliphatic carbocycles. The third-order valence-electron chi connectivity index (χ3n) is 4.07. The molecule has 4 rings (SSSR count). The maximum atomic E-state index is 12.5. The number of hydrogen-bond acceptors (Lipinski definition) is 4. The number of fused-ring (bicyclic) bond motifs is 1. The smallest absolute Gasteiger partial charge is 0.345 e. The lowest BCUT2D eigenvalue weighted by Crippen LogP contribution is -2.04. The van der Waals surface area contributed by atoms with Crippen LogP contribution in [0.15, 0.2) is 82.1 Å². The lowest BCUT2D eigenvalue weighted by atomic mass is 10.1. The maximum absolute atomic E-state index is 12.5. The monoisotopic (exact) mass is 358 g/mol. The molecule has 2 heterocycles. The Morgan fingerprint density at radius 3 is 2.59 bits per heavy atom. The van der Waals surface area contributed by atoms with Crippen molar-refractivity contribution in [1.29, 1.82) is 0 Å². The molecule has 1 N–H and O–H groups in total. The second kappa shape index (κ2) is 6.76. The molecule has 0 unspecified atom stereocenters. The van der Waals surface area contributed by atoms with E-state index in [1.165, 1.54) is 6.08 Å². The lowest BCUT2D eigenvalue weighted by Gasteiger charge is -2.01. The number of carboxylic acids is 1. The SMILES string of the molecule is O=C(O)/C=C/c1cn(-c2ccccc2)nc1-c1cc2ccccc2oc1=O. The maximum Gasteiger partial charge on any atom is 0.345 e. The van der Waals surface area contributed by atoms with Crippen LogP contribution < -0.4 is 5.63 Å². The van der Waals surface area contributed by atoms with Crippen molar-refractivity contribution in [2.75, 3.05) is 0 Å². The van der Waals surface area contributed by atoms with E-state index in [-0.39, 0.29) is 5.56 Å². The Kier molecular flexibility index (Phi) is 4.14. The highest BCUT2D eigenvalue weighted by molar-refractivity contribution is 5.88. The van der Waals surface area contributed by atoms with Gasteiger partial charge in [-0.1, -0.05) is 36.4 Å². The third kappa shape index (κ3) is 3.28. The van der Waals surface area contributed by atoms with Gasteiger partial charge in [0, 0.05) is 23.2 Å². The Morgan fingerprint density at radius 2 is 1.81 bits per heavy atom. The average molecular weight is 358 g/mol. The third-order valence-corrected chi connectivity index (χ3v) is 4.07. The highest BCUT2D eigenvalue weighted by Gasteiger charge is 2.16. The van der Waals surface area contributed by atoms with E-state index < -0.39 is 11.6 Å². The molecule has 0 atom stereocenters. The van der Waals surface area contributed by atoms with Gasteiger partial charge in [0.25, 0.3) is 0 Å². The van der Waals surface area contributed by atoms with Crippen LogP contribution in [0.3, 0.4) is 0 Å². The summed E-state index contributed by atoms with van der Waals surface area (Å²) in [5.41, 5.74) is 1.88. The number of aliphatic carboxylic acids is 1. The van der Waals surface area contributed by atoms with Crippen LogP contribution in [0.2, 0.25) is 0 Å². The van der Waals surface area contributed by atoms with Crippen molar-refractivity contribution in [3.05, 3.63) is 88.9 Å². The number of hydrogen-bond donors (Lipinski definition) is 1. The van der Waals surface area contributed by atoms with Crippen molar-refractivity contribution < 1.29 is 14.3 Å². The molecule has 0 fully saturated rings. The van der Waals surface area contributed by atoms with Crippen molar-refractivity contribution in [1.82, 2.24) is 9.78 Å². The summed E-state index contributed by atoms with van der Waals surface area (Å²) in [6, 6.07) is 18.2. The van der Waals surface area contributed by atoms with Crippen LogP contribution in [0.5, 0.6) is 0 Å². The number of aromatic nitrogens is 2. The van der Waals surface area contributed by atoms with Crippen LogP contribution >= 0.6 is 0 Å². The fourth-order valence-corrected chi connectivity index (χ4v) is 2.82. The summed E-state index contributed by atoms with van der Waals surface area (Å²) in [5.74, 6) is -1.08. The fraction of sp³-hybridized carbons (Fsp3) is 0. The molecule has 0 saturated carbocycles. The van der Waals surface area contributed by atoms with E-state index in [1.54, 1.807) is 29.1 Å². The number of benzene rings is 2. The summed E-state index contributed by atoms with van der Waals surface area (Å²) < 4.78 is 7.00. The normalized spacial score (nSPS) is 11.3. The topological polar surface area (TPSA) is 85.3 Å². The van der Waals surface area contributed by atoms with Crippen LogP contribution in [0, 0.1) is 0 Å². The Labute approximate surface area is 153 Å². The van der Waals surface area contributed by atoms with E-state index in [0.29, 0.717) is 16.8 Å². The van der Waals surface area contributed by atoms with Crippen LogP contribution in [-0.4, -0.2) is 20.9 Å². The van der Waals surface area contributed by atoms with Crippen molar-refractivity contribution in [3.8, 4) is 16.9 Å². The van der Waals surface area contributed by atoms with Gasteiger partial charge in [-0.25, -0.2) is 14.3 Å². The number of carboxylic acid groups (broad SMARTS) is 1. The van der Waals surface area contributed by atoms with E-state index in [9.17, 15) is 9.59 Å². The van der Waals surface area contributed by atoms with Crippen LogP contribution in [-0.2, 0) is 4.79 Å². The number of carbonyl (C=O) groups is 1. The minimum absolute atomic E-state index is 0.272. The summed E-state index contributed by atoms with van der Waals surface area (Å²) >= 11 is 0. The predicted octanol–water partition coefficient (Wildman–Crippen LogP) is 3.74. The van der Waals surface area contributed by atoms with E-state index in [0.717, 1.165) is 17.1 Å². The first kappa shape index (κ1) is 16.5. The Bertz CT molecular complexity index is 1220. The summed E-state index contributed by atoms with van der Waals surface area (Å²) in [7, 11) is 0. The van der Waals surface area contributed by atoms with Crippen LogP contribution in [0.4, 0.5) is 0 Å². The number of nitrogens with zero attached hydrogens (tertiary/aromatic N) is 2. The van der Waals surface area contributed by atoms with Gasteiger partial charge in [-0.15, -0.1) is 0 Å². The average Bonchev–Trinajstić information content (AvgIpc) is 3.10. The second-order valence-electron chi connectivity index (χ2n) is 5.87. The molecule has 2 aromatic heterocycles. The zero-order valence-corrected chi connectivity index (χ0v) is 14.1. The molecule has 6 nitrogen and oxygen atoms in total. The molecular weight excluding hydrogens is 344 g/mol. The Balaban J connectivity index is 1.93. The van der Waals surface area contributed by atoms with Crippen molar-refractivity contribution in [2.45, 2.75) is 0 Å². The molecule has 0 radical (unpaired) electrons. The predicted molar refractivity (Wildman–Crippen MR) is 102 cm³/mol. The molecule has 0 aliphatic heterocycles. The van der Waals surface area contributed by atoms with Gasteiger partial charge in [-0.2, -0.15) is 5.10 Å². The first-order chi connectivity index (χ1) is 13.1. The largest absolute Gasteiger partial charge is 0.478 e. The molecule has 0 saturated heterocycles. The van der Waals surface area contributed by atoms with E-state index in [2.05, 4.69) is 5.10 Å². The van der Waals surface area contributed by atoms with Crippen molar-refractivity contribution >= 4 is 23.0 Å².